The smallest absolute Gasteiger partial charge is 0.411 e. The van der Waals surface area contributed by atoms with Crippen molar-refractivity contribution in [1.29, 1.82) is 0 Å². The van der Waals surface area contributed by atoms with Gasteiger partial charge in [0.25, 0.3) is 0 Å². The average Bonchev–Trinajstić information content (AvgIpc) is 2.70. The van der Waals surface area contributed by atoms with Crippen molar-refractivity contribution in [2.24, 2.45) is 0 Å². The molecule has 2 aliphatic heterocycles. The van der Waals surface area contributed by atoms with E-state index in [1.165, 1.54) is 12.0 Å². The topological polar surface area (TPSA) is 84.9 Å². The summed E-state index contributed by atoms with van der Waals surface area (Å²) in [5.41, 5.74) is -0.648. The number of nitrogens with one attached hydrogen (secondary N) is 1. The predicted molar refractivity (Wildman–Crippen MR) is 68.8 cm³/mol. The van der Waals surface area contributed by atoms with Crippen LogP contribution < -0.4 is 5.32 Å². The molecule has 2 heterocycles. The molecule has 2 amide bonds. The quantitative estimate of drug-likeness (QED) is 0.706. The molecule has 0 aromatic heterocycles. The van der Waals surface area contributed by atoms with Gasteiger partial charge in [-0.1, -0.05) is 0 Å². The Hall–Kier alpha value is -1.79. The molecule has 2 fully saturated rings. The fraction of sp³-hybridized carbons (Fsp3) is 0.769. The van der Waals surface area contributed by atoms with Crippen LogP contribution in [-0.2, 0) is 19.1 Å². The maximum atomic E-state index is 12.2. The molecule has 0 saturated carbocycles. The Morgan fingerprint density at radius 3 is 2.50 bits per heavy atom. The second-order valence-corrected chi connectivity index (χ2v) is 6.06. The Labute approximate surface area is 117 Å². The van der Waals surface area contributed by atoms with Crippen molar-refractivity contribution in [3.63, 3.8) is 0 Å². The number of ether oxygens (including phenoxy) is 2. The van der Waals surface area contributed by atoms with Gasteiger partial charge in [-0.05, 0) is 33.6 Å². The number of fused-ring (bicyclic) bond motifs is 2. The van der Waals surface area contributed by atoms with Crippen LogP contribution in [0.15, 0.2) is 0 Å². The molecule has 0 radical (unpaired) electrons. The molecule has 0 aliphatic carbocycles. The van der Waals surface area contributed by atoms with E-state index in [4.69, 9.17) is 4.74 Å². The van der Waals surface area contributed by atoms with Crippen LogP contribution in [0.1, 0.15) is 33.6 Å². The van der Waals surface area contributed by atoms with Gasteiger partial charge in [-0.25, -0.2) is 9.59 Å². The number of carbonyl (C=O) groups excluding carboxylic acids is 3. The fourth-order valence-corrected chi connectivity index (χ4v) is 2.69. The summed E-state index contributed by atoms with van der Waals surface area (Å²) < 4.78 is 10.0. The van der Waals surface area contributed by atoms with Gasteiger partial charge in [-0.2, -0.15) is 0 Å². The lowest BCUT2D eigenvalue weighted by Crippen LogP contribution is -2.65. The van der Waals surface area contributed by atoms with Gasteiger partial charge in [-0.3, -0.25) is 9.69 Å². The van der Waals surface area contributed by atoms with Gasteiger partial charge in [0, 0.05) is 0 Å². The van der Waals surface area contributed by atoms with Crippen LogP contribution in [-0.4, -0.2) is 53.7 Å². The van der Waals surface area contributed by atoms with Gasteiger partial charge in [0.2, 0.25) is 5.91 Å². The van der Waals surface area contributed by atoms with Gasteiger partial charge >= 0.3 is 12.1 Å². The number of methoxy groups -OCH3 is 1. The summed E-state index contributed by atoms with van der Waals surface area (Å²) in [6, 6.07) is -1.78. The minimum atomic E-state index is -0.821. The van der Waals surface area contributed by atoms with Gasteiger partial charge in [0.1, 0.15) is 17.7 Å². The standard InChI is InChI=1S/C13H20N2O5/c1-13(2,3)20-12(18)15-7-5-6-8(15)10(16)14-9(7)11(17)19-4/h7-9H,5-6H2,1-4H3,(H,14,16)/t7-,8+,9?/m0/s1. The van der Waals surface area contributed by atoms with E-state index in [9.17, 15) is 14.4 Å². The number of nitrogens with zero attached hydrogens (tertiary/aromatic N) is 1. The highest BCUT2D eigenvalue weighted by Crippen LogP contribution is 2.32. The van der Waals surface area contributed by atoms with Gasteiger partial charge in [0.05, 0.1) is 13.2 Å². The number of rotatable bonds is 1. The van der Waals surface area contributed by atoms with Crippen molar-refractivity contribution < 1.29 is 23.9 Å². The first-order valence-corrected chi connectivity index (χ1v) is 6.64. The first-order chi connectivity index (χ1) is 9.24. The van der Waals surface area contributed by atoms with Crippen LogP contribution in [0.3, 0.4) is 0 Å². The zero-order valence-corrected chi connectivity index (χ0v) is 12.1. The molecule has 0 aromatic rings. The Morgan fingerprint density at radius 2 is 1.95 bits per heavy atom. The van der Waals surface area contributed by atoms with Crippen LogP contribution in [0.2, 0.25) is 0 Å². The Morgan fingerprint density at radius 1 is 1.30 bits per heavy atom. The second-order valence-electron chi connectivity index (χ2n) is 6.06. The molecule has 1 unspecified atom stereocenters. The van der Waals surface area contributed by atoms with Crippen molar-refractivity contribution in [2.45, 2.75) is 57.3 Å². The molecule has 2 aliphatic rings. The molecule has 112 valence electrons. The first-order valence-electron chi connectivity index (χ1n) is 6.64. The van der Waals surface area contributed by atoms with Gasteiger partial charge in [0.15, 0.2) is 0 Å². The zero-order valence-electron chi connectivity index (χ0n) is 12.1. The summed E-state index contributed by atoms with van der Waals surface area (Å²) in [7, 11) is 1.26. The molecule has 7 nitrogen and oxygen atoms in total. The van der Waals surface area contributed by atoms with E-state index < -0.39 is 35.8 Å². The summed E-state index contributed by atoms with van der Waals surface area (Å²) in [4.78, 5) is 37.4. The van der Waals surface area contributed by atoms with E-state index in [1.54, 1.807) is 20.8 Å². The molecular formula is C13H20N2O5. The van der Waals surface area contributed by atoms with E-state index >= 15 is 0 Å². The average molecular weight is 284 g/mol. The van der Waals surface area contributed by atoms with E-state index in [0.29, 0.717) is 12.8 Å². The number of amides is 2. The Bertz CT molecular complexity index is 443. The molecule has 2 bridgehead atoms. The summed E-state index contributed by atoms with van der Waals surface area (Å²) in [5, 5.41) is 2.61. The largest absolute Gasteiger partial charge is 0.467 e. The maximum Gasteiger partial charge on any atom is 0.411 e. The molecule has 3 atom stereocenters. The lowest BCUT2D eigenvalue weighted by atomic mass is 10.1. The highest BCUT2D eigenvalue weighted by molar-refractivity contribution is 5.93. The minimum Gasteiger partial charge on any atom is -0.467 e. The summed E-state index contributed by atoms with van der Waals surface area (Å²) >= 11 is 0. The number of piperazine rings is 1. The highest BCUT2D eigenvalue weighted by Gasteiger charge is 2.53. The first kappa shape index (κ1) is 14.6. The van der Waals surface area contributed by atoms with Crippen molar-refractivity contribution in [1.82, 2.24) is 10.2 Å². The zero-order chi connectivity index (χ0) is 15.1. The number of carbonyl (C=O) groups is 3. The van der Waals surface area contributed by atoms with E-state index in [2.05, 4.69) is 10.1 Å². The minimum absolute atomic E-state index is 0.333. The van der Waals surface area contributed by atoms with Crippen molar-refractivity contribution in [2.75, 3.05) is 7.11 Å². The number of esters is 1. The molecule has 20 heavy (non-hydrogen) atoms. The van der Waals surface area contributed by atoms with Crippen molar-refractivity contribution in [3.8, 4) is 0 Å². The third kappa shape index (κ3) is 2.57. The Kier molecular flexibility index (Phi) is 3.62. The molecule has 0 spiro atoms. The lowest BCUT2D eigenvalue weighted by Gasteiger charge is -2.39. The summed E-state index contributed by atoms with van der Waals surface area (Å²) in [6.45, 7) is 5.28. The molecule has 0 aromatic carbocycles. The fourth-order valence-electron chi connectivity index (χ4n) is 2.69. The molecule has 7 heteroatoms. The van der Waals surface area contributed by atoms with Crippen LogP contribution in [0.5, 0.6) is 0 Å². The third-order valence-corrected chi connectivity index (χ3v) is 3.47. The molecule has 1 N–H and O–H groups in total. The maximum absolute atomic E-state index is 12.2. The van der Waals surface area contributed by atoms with Crippen LogP contribution in [0.4, 0.5) is 4.79 Å². The van der Waals surface area contributed by atoms with Gasteiger partial charge in [-0.15, -0.1) is 0 Å². The predicted octanol–water partition coefficient (Wildman–Crippen LogP) is 0.426. The van der Waals surface area contributed by atoms with Gasteiger partial charge < -0.3 is 14.8 Å². The molecular weight excluding hydrogens is 264 g/mol. The summed E-state index contributed by atoms with van der Waals surface area (Å²) in [6.07, 6.45) is 0.541. The van der Waals surface area contributed by atoms with Crippen LogP contribution in [0, 0.1) is 0 Å². The SMILES string of the molecule is COC(=O)C1NC(=O)[C@H]2CC[C@@H]1N2C(=O)OC(C)(C)C. The second kappa shape index (κ2) is 4.96. The third-order valence-electron chi connectivity index (χ3n) is 3.47. The Balaban J connectivity index is 2.22. The van der Waals surface area contributed by atoms with Crippen molar-refractivity contribution in [3.05, 3.63) is 0 Å². The van der Waals surface area contributed by atoms with E-state index in [0.717, 1.165) is 0 Å². The van der Waals surface area contributed by atoms with Crippen LogP contribution in [0.25, 0.3) is 0 Å². The highest BCUT2D eigenvalue weighted by atomic mass is 16.6. The van der Waals surface area contributed by atoms with E-state index in [-0.39, 0.29) is 5.91 Å². The van der Waals surface area contributed by atoms with E-state index in [1.807, 2.05) is 0 Å². The lowest BCUT2D eigenvalue weighted by molar-refractivity contribution is -0.150. The number of hydrogen-bond acceptors (Lipinski definition) is 5. The normalized spacial score (nSPS) is 28.9. The molecule has 2 rings (SSSR count). The van der Waals surface area contributed by atoms with Crippen molar-refractivity contribution >= 4 is 18.0 Å². The molecule has 2 saturated heterocycles. The number of hydrogen-bond donors (Lipinski definition) is 1. The summed E-state index contributed by atoms with van der Waals surface area (Å²) in [5.74, 6) is -0.878. The van der Waals surface area contributed by atoms with Crippen LogP contribution >= 0.6 is 0 Å². The monoisotopic (exact) mass is 284 g/mol.